The molecule has 0 saturated carbocycles. The number of ketones is 1. The SMILES string of the molecule is CCCCCC(C)(C)[SiH2]O/C(C)=C\C(C)=O. The molecular weight excluding hydrogens is 216 g/mol. The lowest BCUT2D eigenvalue weighted by atomic mass is 10.0. The molecule has 16 heavy (non-hydrogen) atoms. The first-order chi connectivity index (χ1) is 7.37. The molecule has 0 saturated heterocycles. The lowest BCUT2D eigenvalue weighted by Crippen LogP contribution is -2.16. The molecule has 0 aliphatic rings. The maximum atomic E-state index is 10.8. The zero-order chi connectivity index (χ0) is 12.6. The minimum absolute atomic E-state index is 0.0651. The van der Waals surface area contributed by atoms with Gasteiger partial charge in [-0.1, -0.05) is 40.0 Å². The van der Waals surface area contributed by atoms with E-state index in [0.717, 1.165) is 5.76 Å². The summed E-state index contributed by atoms with van der Waals surface area (Å²) in [6, 6.07) is 0. The van der Waals surface area contributed by atoms with Crippen LogP contribution in [0.1, 0.15) is 60.3 Å². The van der Waals surface area contributed by atoms with Crippen LogP contribution in [0.2, 0.25) is 5.04 Å². The third kappa shape index (κ3) is 8.71. The molecule has 3 heteroatoms. The average molecular weight is 242 g/mol. The maximum absolute atomic E-state index is 10.8. The van der Waals surface area contributed by atoms with Crippen molar-refractivity contribution in [3.63, 3.8) is 0 Å². The van der Waals surface area contributed by atoms with Crippen LogP contribution in [0.15, 0.2) is 11.8 Å². The van der Waals surface area contributed by atoms with E-state index in [1.807, 2.05) is 6.92 Å². The molecule has 0 aromatic heterocycles. The molecule has 0 radical (unpaired) electrons. The van der Waals surface area contributed by atoms with Crippen molar-refractivity contribution in [1.29, 1.82) is 0 Å². The Morgan fingerprint density at radius 2 is 1.94 bits per heavy atom. The van der Waals surface area contributed by atoms with Crippen LogP contribution in [0.5, 0.6) is 0 Å². The largest absolute Gasteiger partial charge is 0.552 e. The minimum atomic E-state index is -0.600. The predicted octanol–water partition coefficient (Wildman–Crippen LogP) is 3.36. The van der Waals surface area contributed by atoms with Crippen molar-refractivity contribution < 1.29 is 9.22 Å². The van der Waals surface area contributed by atoms with Crippen LogP contribution in [0, 0.1) is 0 Å². The van der Waals surface area contributed by atoms with Gasteiger partial charge in [0, 0.05) is 6.08 Å². The number of hydrogen-bond donors (Lipinski definition) is 0. The summed E-state index contributed by atoms with van der Waals surface area (Å²) in [4.78, 5) is 10.8. The molecule has 0 aromatic carbocycles. The predicted molar refractivity (Wildman–Crippen MR) is 72.3 cm³/mol. The highest BCUT2D eigenvalue weighted by molar-refractivity contribution is 6.32. The Bertz CT molecular complexity index is 244. The summed E-state index contributed by atoms with van der Waals surface area (Å²) in [6.07, 6.45) is 6.67. The Hall–Kier alpha value is -0.573. The molecule has 0 bridgehead atoms. The molecule has 0 aromatic rings. The van der Waals surface area contributed by atoms with Gasteiger partial charge in [0.05, 0.1) is 5.76 Å². The standard InChI is InChI=1S/C13H26O2Si/c1-6-7-8-9-13(4,5)16-15-12(3)10-11(2)14/h10H,6-9,16H2,1-5H3/b12-10-. The molecule has 0 heterocycles. The average Bonchev–Trinajstić information content (AvgIpc) is 2.14. The van der Waals surface area contributed by atoms with Crippen LogP contribution in [-0.4, -0.2) is 15.5 Å². The summed E-state index contributed by atoms with van der Waals surface area (Å²) in [6.45, 7) is 10.2. The second-order valence-electron chi connectivity index (χ2n) is 5.28. The summed E-state index contributed by atoms with van der Waals surface area (Å²) < 4.78 is 5.73. The third-order valence-electron chi connectivity index (χ3n) is 2.55. The molecule has 0 fully saturated rings. The Morgan fingerprint density at radius 1 is 1.31 bits per heavy atom. The van der Waals surface area contributed by atoms with Gasteiger partial charge in [0.15, 0.2) is 5.78 Å². The summed E-state index contributed by atoms with van der Waals surface area (Å²) >= 11 is 0. The topological polar surface area (TPSA) is 26.3 Å². The number of carbonyl (C=O) groups is 1. The molecule has 0 unspecified atom stereocenters. The van der Waals surface area contributed by atoms with Gasteiger partial charge in [-0.3, -0.25) is 4.79 Å². The zero-order valence-corrected chi connectivity index (χ0v) is 12.8. The second-order valence-corrected chi connectivity index (χ2v) is 7.77. The first kappa shape index (κ1) is 15.4. The first-order valence-corrected chi connectivity index (χ1v) is 7.47. The van der Waals surface area contributed by atoms with E-state index >= 15 is 0 Å². The highest BCUT2D eigenvalue weighted by Gasteiger charge is 2.19. The highest BCUT2D eigenvalue weighted by Crippen LogP contribution is 2.30. The molecule has 2 nitrogen and oxygen atoms in total. The van der Waals surface area contributed by atoms with E-state index in [1.54, 1.807) is 13.0 Å². The van der Waals surface area contributed by atoms with E-state index in [9.17, 15) is 4.79 Å². The van der Waals surface area contributed by atoms with Crippen molar-refractivity contribution in [2.24, 2.45) is 0 Å². The van der Waals surface area contributed by atoms with Crippen LogP contribution in [0.25, 0.3) is 0 Å². The van der Waals surface area contributed by atoms with Crippen LogP contribution < -0.4 is 0 Å². The van der Waals surface area contributed by atoms with E-state index in [-0.39, 0.29) is 5.78 Å². The van der Waals surface area contributed by atoms with Gasteiger partial charge >= 0.3 is 0 Å². The van der Waals surface area contributed by atoms with Crippen molar-refractivity contribution in [3.05, 3.63) is 11.8 Å². The number of unbranched alkanes of at least 4 members (excludes halogenated alkanes) is 2. The lowest BCUT2D eigenvalue weighted by Gasteiger charge is -2.24. The van der Waals surface area contributed by atoms with E-state index in [1.165, 1.54) is 25.7 Å². The Balaban J connectivity index is 3.93. The van der Waals surface area contributed by atoms with E-state index in [4.69, 9.17) is 4.43 Å². The number of rotatable bonds is 8. The zero-order valence-electron chi connectivity index (χ0n) is 11.4. The normalized spacial score (nSPS) is 13.4. The van der Waals surface area contributed by atoms with E-state index in [2.05, 4.69) is 20.8 Å². The molecule has 0 spiro atoms. The summed E-state index contributed by atoms with van der Waals surface area (Å²) in [5, 5.41) is 0.334. The van der Waals surface area contributed by atoms with Crippen molar-refractivity contribution >= 4 is 15.5 Å². The smallest absolute Gasteiger partial charge is 0.224 e. The fourth-order valence-corrected chi connectivity index (χ4v) is 2.66. The van der Waals surface area contributed by atoms with Crippen LogP contribution in [-0.2, 0) is 9.22 Å². The molecule has 0 amide bonds. The van der Waals surface area contributed by atoms with Crippen LogP contribution in [0.4, 0.5) is 0 Å². The van der Waals surface area contributed by atoms with Gasteiger partial charge in [0.2, 0.25) is 9.76 Å². The molecule has 0 atom stereocenters. The van der Waals surface area contributed by atoms with Crippen molar-refractivity contribution in [2.75, 3.05) is 0 Å². The quantitative estimate of drug-likeness (QED) is 0.282. The summed E-state index contributed by atoms with van der Waals surface area (Å²) in [7, 11) is -0.600. The number of hydrogen-bond acceptors (Lipinski definition) is 2. The first-order valence-electron chi connectivity index (χ1n) is 6.19. The fourth-order valence-electron chi connectivity index (χ4n) is 1.56. The molecule has 0 rings (SSSR count). The maximum Gasteiger partial charge on any atom is 0.224 e. The summed E-state index contributed by atoms with van der Waals surface area (Å²) in [5.74, 6) is 0.845. The molecule has 0 aliphatic carbocycles. The van der Waals surface area contributed by atoms with Crippen molar-refractivity contribution in [3.8, 4) is 0 Å². The molecular formula is C13H26O2Si. The van der Waals surface area contributed by atoms with Gasteiger partial charge in [-0.25, -0.2) is 0 Å². The van der Waals surface area contributed by atoms with Gasteiger partial charge in [-0.05, 0) is 25.3 Å². The van der Waals surface area contributed by atoms with Crippen LogP contribution in [0.3, 0.4) is 0 Å². The third-order valence-corrected chi connectivity index (χ3v) is 4.29. The van der Waals surface area contributed by atoms with Gasteiger partial charge in [0.1, 0.15) is 0 Å². The lowest BCUT2D eigenvalue weighted by molar-refractivity contribution is -0.112. The van der Waals surface area contributed by atoms with Gasteiger partial charge in [0.25, 0.3) is 0 Å². The molecule has 94 valence electrons. The fraction of sp³-hybridized carbons (Fsp3) is 0.769. The Kier molecular flexibility index (Phi) is 7.39. The Morgan fingerprint density at radius 3 is 2.44 bits per heavy atom. The Labute approximate surface area is 102 Å². The molecule has 0 aliphatic heterocycles. The number of carbonyl (C=O) groups excluding carboxylic acids is 1. The molecule has 0 N–H and O–H groups in total. The second kappa shape index (κ2) is 7.66. The monoisotopic (exact) mass is 242 g/mol. The number of allylic oxidation sites excluding steroid dienone is 2. The highest BCUT2D eigenvalue weighted by atomic mass is 28.2. The van der Waals surface area contributed by atoms with Crippen molar-refractivity contribution in [2.45, 2.75) is 65.3 Å². The van der Waals surface area contributed by atoms with Crippen molar-refractivity contribution in [1.82, 2.24) is 0 Å². The van der Waals surface area contributed by atoms with Gasteiger partial charge in [-0.2, -0.15) is 0 Å². The summed E-state index contributed by atoms with van der Waals surface area (Å²) in [5.41, 5.74) is 0. The minimum Gasteiger partial charge on any atom is -0.552 e. The van der Waals surface area contributed by atoms with E-state index < -0.39 is 9.76 Å². The van der Waals surface area contributed by atoms with Gasteiger partial charge < -0.3 is 4.43 Å². The van der Waals surface area contributed by atoms with Gasteiger partial charge in [-0.15, -0.1) is 0 Å². The van der Waals surface area contributed by atoms with Crippen LogP contribution >= 0.6 is 0 Å². The van der Waals surface area contributed by atoms with E-state index in [0.29, 0.717) is 5.04 Å².